The lowest BCUT2D eigenvalue weighted by molar-refractivity contribution is 0.735. The second-order valence-electron chi connectivity index (χ2n) is 3.76. The van der Waals surface area contributed by atoms with E-state index in [1.165, 1.54) is 5.56 Å². The number of nitrogens with zero attached hydrogens (tertiary/aromatic N) is 2. The van der Waals surface area contributed by atoms with Gasteiger partial charge in [-0.15, -0.1) is 11.3 Å². The Balaban J connectivity index is 2.19. The van der Waals surface area contributed by atoms with Gasteiger partial charge in [0.15, 0.2) is 0 Å². The summed E-state index contributed by atoms with van der Waals surface area (Å²) in [6, 6.07) is 4.11. The van der Waals surface area contributed by atoms with Crippen molar-refractivity contribution in [1.82, 2.24) is 9.97 Å². The first-order valence-corrected chi connectivity index (χ1v) is 6.94. The molecule has 2 aromatic rings. The van der Waals surface area contributed by atoms with Gasteiger partial charge in [-0.05, 0) is 30.5 Å². The summed E-state index contributed by atoms with van der Waals surface area (Å²) >= 11 is 5.42. The van der Waals surface area contributed by atoms with Crippen LogP contribution in [0.15, 0.2) is 29.9 Å². The third kappa shape index (κ3) is 2.50. The third-order valence-corrected chi connectivity index (χ3v) is 4.64. The molecule has 2 nitrogen and oxygen atoms in total. The zero-order valence-electron chi connectivity index (χ0n) is 9.22. The average Bonchev–Trinajstić information content (AvgIpc) is 2.75. The lowest BCUT2D eigenvalue weighted by atomic mass is 9.97. The predicted molar refractivity (Wildman–Crippen MR) is 71.2 cm³/mol. The first kappa shape index (κ1) is 11.7. The number of hydrogen-bond acceptors (Lipinski definition) is 3. The van der Waals surface area contributed by atoms with Gasteiger partial charge in [0.05, 0.1) is 15.5 Å². The van der Waals surface area contributed by atoms with Crippen molar-refractivity contribution in [3.63, 3.8) is 0 Å². The smallest absolute Gasteiger partial charge is 0.0897 e. The summed E-state index contributed by atoms with van der Waals surface area (Å²) in [6.07, 6.45) is 3.66. The number of aromatic nitrogens is 2. The van der Waals surface area contributed by atoms with E-state index in [9.17, 15) is 0 Å². The maximum Gasteiger partial charge on any atom is 0.0897 e. The Morgan fingerprint density at radius 1 is 1.31 bits per heavy atom. The normalized spacial score (nSPS) is 14.7. The molecule has 0 fully saturated rings. The molecule has 0 spiro atoms. The van der Waals surface area contributed by atoms with E-state index >= 15 is 0 Å². The summed E-state index contributed by atoms with van der Waals surface area (Å²) < 4.78 is 0. The Bertz CT molecular complexity index is 455. The predicted octanol–water partition coefficient (Wildman–Crippen LogP) is 4.09. The van der Waals surface area contributed by atoms with Crippen LogP contribution in [0.25, 0.3) is 0 Å². The molecule has 0 aliphatic rings. The van der Waals surface area contributed by atoms with E-state index in [0.29, 0.717) is 5.92 Å². The minimum atomic E-state index is 0.264. The van der Waals surface area contributed by atoms with E-state index in [-0.39, 0.29) is 4.83 Å². The monoisotopic (exact) mass is 296 g/mol. The number of aryl methyl sites for hydroxylation is 1. The van der Waals surface area contributed by atoms with Crippen molar-refractivity contribution in [2.24, 2.45) is 0 Å². The fourth-order valence-corrected chi connectivity index (χ4v) is 2.96. The molecule has 0 aromatic carbocycles. The van der Waals surface area contributed by atoms with Crippen LogP contribution in [-0.4, -0.2) is 9.97 Å². The molecule has 84 valence electrons. The minimum Gasteiger partial charge on any atom is -0.265 e. The van der Waals surface area contributed by atoms with Crippen LogP contribution in [-0.2, 0) is 0 Å². The van der Waals surface area contributed by atoms with Crippen molar-refractivity contribution in [2.45, 2.75) is 24.6 Å². The molecule has 0 radical (unpaired) electrons. The topological polar surface area (TPSA) is 25.8 Å². The molecule has 2 unspecified atom stereocenters. The van der Waals surface area contributed by atoms with Crippen molar-refractivity contribution in [3.8, 4) is 0 Å². The molecule has 0 N–H and O–H groups in total. The molecule has 2 atom stereocenters. The highest BCUT2D eigenvalue weighted by atomic mass is 79.9. The van der Waals surface area contributed by atoms with Crippen LogP contribution in [0.5, 0.6) is 0 Å². The molecular formula is C12H13BrN2S. The Hall–Kier alpha value is -0.740. The zero-order valence-corrected chi connectivity index (χ0v) is 11.6. The summed E-state index contributed by atoms with van der Waals surface area (Å²) in [7, 11) is 0. The first-order chi connectivity index (χ1) is 7.68. The molecular weight excluding hydrogens is 284 g/mol. The summed E-state index contributed by atoms with van der Waals surface area (Å²) in [5, 5.41) is 3.23. The number of pyridine rings is 1. The molecule has 4 heteroatoms. The molecule has 16 heavy (non-hydrogen) atoms. The van der Waals surface area contributed by atoms with Crippen LogP contribution in [0.2, 0.25) is 0 Å². The van der Waals surface area contributed by atoms with Gasteiger partial charge < -0.3 is 0 Å². The molecule has 0 amide bonds. The number of alkyl halides is 1. The lowest BCUT2D eigenvalue weighted by Crippen LogP contribution is -2.02. The van der Waals surface area contributed by atoms with Gasteiger partial charge in [-0.25, -0.2) is 4.98 Å². The Labute approximate surface area is 108 Å². The summed E-state index contributed by atoms with van der Waals surface area (Å²) in [6.45, 7) is 4.23. The van der Waals surface area contributed by atoms with Gasteiger partial charge in [-0.2, -0.15) is 0 Å². The number of rotatable bonds is 3. The second-order valence-corrected chi connectivity index (χ2v) is 5.81. The van der Waals surface area contributed by atoms with E-state index < -0.39 is 0 Å². The minimum absolute atomic E-state index is 0.264. The molecule has 0 aliphatic heterocycles. The molecule has 2 aromatic heterocycles. The average molecular weight is 297 g/mol. The molecule has 2 heterocycles. The standard InChI is InChI=1S/C12H13BrN2S/c1-8(10-3-5-14-6-4-10)12(13)11-7-16-9(2)15-11/h3-8,12H,1-2H3. The van der Waals surface area contributed by atoms with Crippen molar-refractivity contribution < 1.29 is 0 Å². The van der Waals surface area contributed by atoms with Crippen LogP contribution in [0.3, 0.4) is 0 Å². The fraction of sp³-hybridized carbons (Fsp3) is 0.333. The highest BCUT2D eigenvalue weighted by molar-refractivity contribution is 9.09. The highest BCUT2D eigenvalue weighted by Crippen LogP contribution is 2.37. The van der Waals surface area contributed by atoms with E-state index in [1.807, 2.05) is 19.3 Å². The Morgan fingerprint density at radius 3 is 2.56 bits per heavy atom. The largest absolute Gasteiger partial charge is 0.265 e. The number of thiazole rings is 1. The van der Waals surface area contributed by atoms with E-state index in [1.54, 1.807) is 11.3 Å². The van der Waals surface area contributed by atoms with Gasteiger partial charge in [0.1, 0.15) is 0 Å². The van der Waals surface area contributed by atoms with Gasteiger partial charge in [0, 0.05) is 17.8 Å². The van der Waals surface area contributed by atoms with Gasteiger partial charge in [-0.3, -0.25) is 4.98 Å². The molecule has 0 bridgehead atoms. The van der Waals surface area contributed by atoms with E-state index in [4.69, 9.17) is 0 Å². The SMILES string of the molecule is Cc1nc(C(Br)C(C)c2ccncc2)cs1. The molecule has 0 saturated carbocycles. The van der Waals surface area contributed by atoms with E-state index in [2.05, 4.69) is 50.3 Å². The summed E-state index contributed by atoms with van der Waals surface area (Å²) in [4.78, 5) is 8.81. The summed E-state index contributed by atoms with van der Waals surface area (Å²) in [5.41, 5.74) is 2.40. The van der Waals surface area contributed by atoms with Crippen molar-refractivity contribution in [1.29, 1.82) is 0 Å². The number of halogens is 1. The summed E-state index contributed by atoms with van der Waals surface area (Å²) in [5.74, 6) is 0.393. The Morgan fingerprint density at radius 2 is 2.00 bits per heavy atom. The van der Waals surface area contributed by atoms with Crippen LogP contribution in [0.4, 0.5) is 0 Å². The Kier molecular flexibility index (Phi) is 3.71. The molecule has 0 saturated heterocycles. The van der Waals surface area contributed by atoms with Crippen LogP contribution >= 0.6 is 27.3 Å². The van der Waals surface area contributed by atoms with Crippen LogP contribution < -0.4 is 0 Å². The van der Waals surface area contributed by atoms with Gasteiger partial charge in [0.2, 0.25) is 0 Å². The molecule has 0 aliphatic carbocycles. The maximum absolute atomic E-state index is 4.51. The second kappa shape index (κ2) is 5.06. The van der Waals surface area contributed by atoms with Gasteiger partial charge in [0.25, 0.3) is 0 Å². The number of hydrogen-bond donors (Lipinski definition) is 0. The third-order valence-electron chi connectivity index (χ3n) is 2.59. The fourth-order valence-electron chi connectivity index (χ4n) is 1.60. The quantitative estimate of drug-likeness (QED) is 0.798. The lowest BCUT2D eigenvalue weighted by Gasteiger charge is -2.16. The first-order valence-electron chi connectivity index (χ1n) is 5.14. The van der Waals surface area contributed by atoms with Crippen molar-refractivity contribution in [3.05, 3.63) is 46.2 Å². The van der Waals surface area contributed by atoms with Crippen molar-refractivity contribution >= 4 is 27.3 Å². The van der Waals surface area contributed by atoms with Gasteiger partial charge >= 0.3 is 0 Å². The van der Waals surface area contributed by atoms with E-state index in [0.717, 1.165) is 10.7 Å². The van der Waals surface area contributed by atoms with Crippen molar-refractivity contribution in [2.75, 3.05) is 0 Å². The zero-order chi connectivity index (χ0) is 11.5. The maximum atomic E-state index is 4.51. The molecule has 2 rings (SSSR count). The van der Waals surface area contributed by atoms with Crippen LogP contribution in [0, 0.1) is 6.92 Å². The van der Waals surface area contributed by atoms with Gasteiger partial charge in [-0.1, -0.05) is 22.9 Å². The van der Waals surface area contributed by atoms with Crippen LogP contribution in [0.1, 0.15) is 33.9 Å². The highest BCUT2D eigenvalue weighted by Gasteiger charge is 2.19.